The summed E-state index contributed by atoms with van der Waals surface area (Å²) in [5.74, 6) is -0.787. The molecule has 1 aromatic rings. The smallest absolute Gasteiger partial charge is 0.243 e. The number of benzene rings is 1. The summed E-state index contributed by atoms with van der Waals surface area (Å²) < 4.78 is 46.0. The molecule has 5 nitrogen and oxygen atoms in total. The Morgan fingerprint density at radius 1 is 1.40 bits per heavy atom. The maximum Gasteiger partial charge on any atom is 0.243 e. The lowest BCUT2D eigenvalue weighted by Crippen LogP contribution is -2.34. The zero-order chi connectivity index (χ0) is 14.9. The topological polar surface area (TPSA) is 81.4 Å². The van der Waals surface area contributed by atoms with Crippen LogP contribution in [0.4, 0.5) is 10.1 Å². The molecule has 7 heteroatoms. The van der Waals surface area contributed by atoms with Gasteiger partial charge in [0.2, 0.25) is 10.0 Å². The fourth-order valence-corrected chi connectivity index (χ4v) is 3.80. The van der Waals surface area contributed by atoms with Crippen molar-refractivity contribution in [3.63, 3.8) is 0 Å². The van der Waals surface area contributed by atoms with Crippen molar-refractivity contribution in [1.29, 1.82) is 0 Å². The van der Waals surface area contributed by atoms with E-state index in [4.69, 9.17) is 10.5 Å². The van der Waals surface area contributed by atoms with Crippen molar-refractivity contribution >= 4 is 15.7 Å². The maximum atomic E-state index is 13.8. The Morgan fingerprint density at radius 2 is 2.10 bits per heavy atom. The molecule has 1 aliphatic rings. The molecule has 0 heterocycles. The number of hydrogen-bond acceptors (Lipinski definition) is 4. The number of anilines is 1. The SMILES string of the molecule is COC1CCC(NS(=O)(=O)c2cc(N)c(C)cc2F)C1. The third kappa shape index (κ3) is 3.11. The van der Waals surface area contributed by atoms with E-state index in [0.29, 0.717) is 18.4 Å². The molecule has 2 unspecified atom stereocenters. The summed E-state index contributed by atoms with van der Waals surface area (Å²) in [7, 11) is -2.31. The van der Waals surface area contributed by atoms with Gasteiger partial charge in [-0.3, -0.25) is 0 Å². The molecule has 0 aliphatic heterocycles. The first-order valence-electron chi connectivity index (χ1n) is 6.44. The Labute approximate surface area is 118 Å². The van der Waals surface area contributed by atoms with E-state index in [-0.39, 0.29) is 17.8 Å². The van der Waals surface area contributed by atoms with Gasteiger partial charge in [0, 0.05) is 18.8 Å². The molecule has 1 saturated carbocycles. The summed E-state index contributed by atoms with van der Waals surface area (Å²) in [4.78, 5) is -0.401. The van der Waals surface area contributed by atoms with Crippen molar-refractivity contribution in [2.75, 3.05) is 12.8 Å². The second kappa shape index (κ2) is 5.67. The highest BCUT2D eigenvalue weighted by Gasteiger charge is 2.30. The zero-order valence-corrected chi connectivity index (χ0v) is 12.3. The van der Waals surface area contributed by atoms with Crippen LogP contribution in [0.1, 0.15) is 24.8 Å². The van der Waals surface area contributed by atoms with Crippen LogP contribution in [0.3, 0.4) is 0 Å². The monoisotopic (exact) mass is 302 g/mol. The van der Waals surface area contributed by atoms with Gasteiger partial charge in [-0.25, -0.2) is 17.5 Å². The number of rotatable bonds is 4. The average Bonchev–Trinajstić information content (AvgIpc) is 2.80. The summed E-state index contributed by atoms with van der Waals surface area (Å²) in [5, 5.41) is 0. The van der Waals surface area contributed by atoms with Gasteiger partial charge in [0.15, 0.2) is 0 Å². The average molecular weight is 302 g/mol. The fourth-order valence-electron chi connectivity index (χ4n) is 2.42. The van der Waals surface area contributed by atoms with Crippen LogP contribution < -0.4 is 10.5 Å². The third-order valence-electron chi connectivity index (χ3n) is 3.65. The van der Waals surface area contributed by atoms with E-state index in [9.17, 15) is 12.8 Å². The second-order valence-electron chi connectivity index (χ2n) is 5.13. The first kappa shape index (κ1) is 15.2. The highest BCUT2D eigenvalue weighted by molar-refractivity contribution is 7.89. The van der Waals surface area contributed by atoms with E-state index in [0.717, 1.165) is 18.6 Å². The van der Waals surface area contributed by atoms with Crippen molar-refractivity contribution in [2.45, 2.75) is 43.2 Å². The molecule has 1 fully saturated rings. The normalized spacial score (nSPS) is 23.1. The Morgan fingerprint density at radius 3 is 2.70 bits per heavy atom. The lowest BCUT2D eigenvalue weighted by Gasteiger charge is -2.14. The summed E-state index contributed by atoms with van der Waals surface area (Å²) >= 11 is 0. The molecule has 0 bridgehead atoms. The van der Waals surface area contributed by atoms with Crippen LogP contribution in [0.5, 0.6) is 0 Å². The minimum atomic E-state index is -3.91. The van der Waals surface area contributed by atoms with Crippen molar-refractivity contribution < 1.29 is 17.5 Å². The molecule has 0 saturated heterocycles. The number of ether oxygens (including phenoxy) is 1. The van der Waals surface area contributed by atoms with Crippen LogP contribution in [-0.4, -0.2) is 27.7 Å². The maximum absolute atomic E-state index is 13.8. The van der Waals surface area contributed by atoms with Gasteiger partial charge in [-0.05, 0) is 43.9 Å². The number of sulfonamides is 1. The van der Waals surface area contributed by atoms with Gasteiger partial charge < -0.3 is 10.5 Å². The van der Waals surface area contributed by atoms with E-state index in [2.05, 4.69) is 4.72 Å². The standard InChI is InChI=1S/C13H19FN2O3S/c1-8-5-11(14)13(7-12(8)15)20(17,18)16-9-3-4-10(6-9)19-2/h5,7,9-10,16H,3-4,6,15H2,1-2H3. The zero-order valence-electron chi connectivity index (χ0n) is 11.5. The lowest BCUT2D eigenvalue weighted by molar-refractivity contribution is 0.107. The Kier molecular flexibility index (Phi) is 4.31. The van der Waals surface area contributed by atoms with Crippen molar-refractivity contribution in [1.82, 2.24) is 4.72 Å². The van der Waals surface area contributed by atoms with Crippen LogP contribution >= 0.6 is 0 Å². The largest absolute Gasteiger partial charge is 0.398 e. The van der Waals surface area contributed by atoms with Gasteiger partial charge in [0.05, 0.1) is 6.10 Å². The first-order valence-corrected chi connectivity index (χ1v) is 7.92. The predicted molar refractivity (Wildman–Crippen MR) is 74.3 cm³/mol. The van der Waals surface area contributed by atoms with E-state index in [1.165, 1.54) is 0 Å². The van der Waals surface area contributed by atoms with Gasteiger partial charge in [0.1, 0.15) is 10.7 Å². The number of aryl methyl sites for hydroxylation is 1. The molecular formula is C13H19FN2O3S. The first-order chi connectivity index (χ1) is 9.33. The highest BCUT2D eigenvalue weighted by atomic mass is 32.2. The minimum Gasteiger partial charge on any atom is -0.398 e. The quantitative estimate of drug-likeness (QED) is 0.827. The van der Waals surface area contributed by atoms with Crippen molar-refractivity contribution in [2.24, 2.45) is 0 Å². The number of halogens is 1. The molecular weight excluding hydrogens is 283 g/mol. The van der Waals surface area contributed by atoms with E-state index in [1.54, 1.807) is 14.0 Å². The minimum absolute atomic E-state index is 0.0515. The molecule has 1 aromatic carbocycles. The van der Waals surface area contributed by atoms with Gasteiger partial charge in [-0.1, -0.05) is 0 Å². The summed E-state index contributed by atoms with van der Waals surface area (Å²) in [6.07, 6.45) is 2.12. The number of hydrogen-bond donors (Lipinski definition) is 2. The fraction of sp³-hybridized carbons (Fsp3) is 0.538. The molecule has 2 rings (SSSR count). The number of nitrogens with two attached hydrogens (primary N) is 1. The molecule has 2 atom stereocenters. The molecule has 20 heavy (non-hydrogen) atoms. The molecule has 0 amide bonds. The second-order valence-corrected chi connectivity index (χ2v) is 6.81. The highest BCUT2D eigenvalue weighted by Crippen LogP contribution is 2.25. The van der Waals surface area contributed by atoms with Crippen LogP contribution in [0.25, 0.3) is 0 Å². The molecule has 0 aromatic heterocycles. The number of methoxy groups -OCH3 is 1. The summed E-state index contributed by atoms with van der Waals surface area (Å²) in [6.45, 7) is 1.63. The molecule has 112 valence electrons. The van der Waals surface area contributed by atoms with E-state index < -0.39 is 20.7 Å². The van der Waals surface area contributed by atoms with Crippen LogP contribution in [-0.2, 0) is 14.8 Å². The number of nitrogen functional groups attached to an aromatic ring is 1. The molecule has 1 aliphatic carbocycles. The van der Waals surface area contributed by atoms with Crippen LogP contribution in [0, 0.1) is 12.7 Å². The van der Waals surface area contributed by atoms with E-state index in [1.807, 2.05) is 0 Å². The van der Waals surface area contributed by atoms with Crippen molar-refractivity contribution in [3.8, 4) is 0 Å². The Bertz CT molecular complexity index is 604. The Hall–Kier alpha value is -1.18. The number of nitrogens with one attached hydrogen (secondary N) is 1. The third-order valence-corrected chi connectivity index (χ3v) is 5.19. The van der Waals surface area contributed by atoms with Crippen LogP contribution in [0.15, 0.2) is 17.0 Å². The summed E-state index contributed by atoms with van der Waals surface area (Å²) in [6, 6.07) is 2.07. The van der Waals surface area contributed by atoms with Crippen molar-refractivity contribution in [3.05, 3.63) is 23.5 Å². The molecule has 3 N–H and O–H groups in total. The Balaban J connectivity index is 2.21. The molecule has 0 radical (unpaired) electrons. The van der Waals surface area contributed by atoms with Gasteiger partial charge in [-0.15, -0.1) is 0 Å². The summed E-state index contributed by atoms with van der Waals surface area (Å²) in [5.41, 5.74) is 6.43. The van der Waals surface area contributed by atoms with Crippen LogP contribution in [0.2, 0.25) is 0 Å². The predicted octanol–water partition coefficient (Wildman–Crippen LogP) is 1.56. The van der Waals surface area contributed by atoms with E-state index >= 15 is 0 Å². The molecule has 0 spiro atoms. The van der Waals surface area contributed by atoms with Gasteiger partial charge in [-0.2, -0.15) is 0 Å². The van der Waals surface area contributed by atoms with Gasteiger partial charge in [0.25, 0.3) is 0 Å². The lowest BCUT2D eigenvalue weighted by atomic mass is 10.2. The van der Waals surface area contributed by atoms with Gasteiger partial charge >= 0.3 is 0 Å².